The van der Waals surface area contributed by atoms with E-state index in [1.165, 1.54) is 22.6 Å². The van der Waals surface area contributed by atoms with E-state index < -0.39 is 0 Å². The topological polar surface area (TPSA) is 41.2 Å². The van der Waals surface area contributed by atoms with Crippen LogP contribution in [0.3, 0.4) is 0 Å². The molecule has 0 aliphatic carbocycles. The molecule has 2 aliphatic rings. The number of nitrogens with zero attached hydrogens (tertiary/aromatic N) is 1. The Morgan fingerprint density at radius 2 is 1.60 bits per heavy atom. The molecule has 0 spiro atoms. The van der Waals surface area contributed by atoms with Gasteiger partial charge in [-0.25, -0.2) is 4.39 Å². The first-order valence-electron chi connectivity index (χ1n) is 11.2. The van der Waals surface area contributed by atoms with Gasteiger partial charge in [-0.1, -0.05) is 30.3 Å². The van der Waals surface area contributed by atoms with Crippen LogP contribution in [0.15, 0.2) is 54.6 Å². The number of quaternary nitrogens is 2. The molecule has 2 aromatic rings. The second kappa shape index (κ2) is 10.0. The van der Waals surface area contributed by atoms with Crippen LogP contribution in [0, 0.1) is 5.82 Å². The van der Waals surface area contributed by atoms with Crippen molar-refractivity contribution >= 4 is 11.6 Å². The van der Waals surface area contributed by atoms with Crippen LogP contribution in [0.25, 0.3) is 0 Å². The number of likely N-dealkylation sites (tertiary alicyclic amines) is 1. The Bertz CT molecular complexity index is 798. The third kappa shape index (κ3) is 5.80. The highest BCUT2D eigenvalue weighted by Crippen LogP contribution is 2.14. The van der Waals surface area contributed by atoms with Gasteiger partial charge in [-0.15, -0.1) is 0 Å². The molecule has 160 valence electrons. The molecule has 2 aliphatic heterocycles. The number of benzene rings is 2. The van der Waals surface area contributed by atoms with E-state index >= 15 is 0 Å². The lowest BCUT2D eigenvalue weighted by molar-refractivity contribution is -0.918. The van der Waals surface area contributed by atoms with E-state index in [4.69, 9.17) is 0 Å². The molecular weight excluding hydrogens is 379 g/mol. The summed E-state index contributed by atoms with van der Waals surface area (Å²) in [5.74, 6) is -0.0241. The number of nitrogens with one attached hydrogen (secondary N) is 3. The SMILES string of the molecule is O=C(C[NH+]1CCN(c2ccc(F)cc2)CC1)NC1CC[NH+](Cc2ccccc2)CC1. The summed E-state index contributed by atoms with van der Waals surface area (Å²) < 4.78 is 13.1. The zero-order valence-corrected chi connectivity index (χ0v) is 17.6. The van der Waals surface area contributed by atoms with Gasteiger partial charge in [-0.05, 0) is 24.3 Å². The van der Waals surface area contributed by atoms with Gasteiger partial charge in [0, 0.05) is 30.1 Å². The average molecular weight is 413 g/mol. The van der Waals surface area contributed by atoms with Gasteiger partial charge in [-0.3, -0.25) is 4.79 Å². The maximum atomic E-state index is 13.1. The van der Waals surface area contributed by atoms with Crippen LogP contribution >= 0.6 is 0 Å². The van der Waals surface area contributed by atoms with Crippen molar-refractivity contribution in [3.05, 3.63) is 66.0 Å². The largest absolute Gasteiger partial charge is 0.360 e. The van der Waals surface area contributed by atoms with Crippen LogP contribution in [-0.2, 0) is 11.3 Å². The lowest BCUT2D eigenvalue weighted by Crippen LogP contribution is -3.16. The van der Waals surface area contributed by atoms with Crippen molar-refractivity contribution in [2.45, 2.75) is 25.4 Å². The number of hydrogen-bond donors (Lipinski definition) is 3. The van der Waals surface area contributed by atoms with E-state index in [0.29, 0.717) is 12.6 Å². The van der Waals surface area contributed by atoms with Crippen molar-refractivity contribution in [2.24, 2.45) is 0 Å². The van der Waals surface area contributed by atoms with Crippen molar-refractivity contribution < 1.29 is 19.0 Å². The highest BCUT2D eigenvalue weighted by atomic mass is 19.1. The molecule has 30 heavy (non-hydrogen) atoms. The smallest absolute Gasteiger partial charge is 0.275 e. The molecule has 0 aromatic heterocycles. The number of carbonyl (C=O) groups excluding carboxylic acids is 1. The zero-order chi connectivity index (χ0) is 20.8. The number of anilines is 1. The first-order chi connectivity index (χ1) is 14.7. The minimum atomic E-state index is -0.202. The molecule has 1 amide bonds. The number of halogens is 1. The normalized spacial score (nSPS) is 22.6. The summed E-state index contributed by atoms with van der Waals surface area (Å²) in [5, 5.41) is 3.27. The van der Waals surface area contributed by atoms with Crippen LogP contribution in [0.5, 0.6) is 0 Å². The lowest BCUT2D eigenvalue weighted by atomic mass is 10.0. The van der Waals surface area contributed by atoms with Gasteiger partial charge in [0.05, 0.1) is 39.3 Å². The summed E-state index contributed by atoms with van der Waals surface area (Å²) in [7, 11) is 0. The molecule has 5 nitrogen and oxygen atoms in total. The fourth-order valence-electron chi connectivity index (χ4n) is 4.65. The number of hydrogen-bond acceptors (Lipinski definition) is 2. The molecule has 4 rings (SSSR count). The predicted molar refractivity (Wildman–Crippen MR) is 116 cm³/mol. The molecule has 0 saturated carbocycles. The number of rotatable bonds is 6. The van der Waals surface area contributed by atoms with E-state index in [9.17, 15) is 9.18 Å². The Morgan fingerprint density at radius 3 is 2.27 bits per heavy atom. The monoisotopic (exact) mass is 412 g/mol. The third-order valence-electron chi connectivity index (χ3n) is 6.43. The standard InChI is InChI=1S/C24H31FN4O/c25-21-6-8-23(9-7-21)29-16-14-28(15-17-29)19-24(30)26-22-10-12-27(13-11-22)18-20-4-2-1-3-5-20/h1-9,22H,10-19H2,(H,26,30)/p+2. The summed E-state index contributed by atoms with van der Waals surface area (Å²) in [4.78, 5) is 17.8. The molecule has 2 fully saturated rings. The summed E-state index contributed by atoms with van der Waals surface area (Å²) in [6.07, 6.45) is 2.11. The minimum Gasteiger partial charge on any atom is -0.360 e. The molecule has 6 heteroatoms. The van der Waals surface area contributed by atoms with E-state index in [-0.39, 0.29) is 11.7 Å². The first-order valence-corrected chi connectivity index (χ1v) is 11.2. The van der Waals surface area contributed by atoms with Gasteiger partial charge in [-0.2, -0.15) is 0 Å². The average Bonchev–Trinajstić information content (AvgIpc) is 2.77. The Kier molecular flexibility index (Phi) is 6.97. The van der Waals surface area contributed by atoms with Crippen molar-refractivity contribution in [3.8, 4) is 0 Å². The van der Waals surface area contributed by atoms with Gasteiger partial charge >= 0.3 is 0 Å². The van der Waals surface area contributed by atoms with E-state index in [0.717, 1.165) is 64.3 Å². The van der Waals surface area contributed by atoms with Crippen molar-refractivity contribution in [3.63, 3.8) is 0 Å². The zero-order valence-electron chi connectivity index (χ0n) is 17.6. The molecule has 0 bridgehead atoms. The van der Waals surface area contributed by atoms with E-state index in [1.54, 1.807) is 4.90 Å². The second-order valence-electron chi connectivity index (χ2n) is 8.64. The molecule has 0 radical (unpaired) electrons. The quantitative estimate of drug-likeness (QED) is 0.620. The fourth-order valence-corrected chi connectivity index (χ4v) is 4.65. The summed E-state index contributed by atoms with van der Waals surface area (Å²) in [6.45, 7) is 7.52. The molecule has 3 N–H and O–H groups in total. The molecule has 2 saturated heterocycles. The van der Waals surface area contributed by atoms with Crippen LogP contribution in [0.2, 0.25) is 0 Å². The van der Waals surface area contributed by atoms with Crippen LogP contribution in [0.1, 0.15) is 18.4 Å². The van der Waals surface area contributed by atoms with Crippen LogP contribution < -0.4 is 20.0 Å². The second-order valence-corrected chi connectivity index (χ2v) is 8.64. The number of piperazine rings is 1. The van der Waals surface area contributed by atoms with Gasteiger partial charge < -0.3 is 20.0 Å². The van der Waals surface area contributed by atoms with Crippen LogP contribution in [0.4, 0.5) is 10.1 Å². The highest BCUT2D eigenvalue weighted by molar-refractivity contribution is 5.77. The molecule has 2 heterocycles. The van der Waals surface area contributed by atoms with Gasteiger partial charge in [0.1, 0.15) is 12.4 Å². The first kappa shape index (κ1) is 20.8. The maximum Gasteiger partial charge on any atom is 0.275 e. The van der Waals surface area contributed by atoms with Crippen molar-refractivity contribution in [2.75, 3.05) is 50.7 Å². The van der Waals surface area contributed by atoms with Crippen molar-refractivity contribution in [1.82, 2.24) is 5.32 Å². The summed E-state index contributed by atoms with van der Waals surface area (Å²) in [5.41, 5.74) is 2.45. The van der Waals surface area contributed by atoms with Gasteiger partial charge in [0.2, 0.25) is 0 Å². The Morgan fingerprint density at radius 1 is 0.933 bits per heavy atom. The van der Waals surface area contributed by atoms with Crippen LogP contribution in [-0.4, -0.2) is 57.8 Å². The number of carbonyl (C=O) groups is 1. The highest BCUT2D eigenvalue weighted by Gasteiger charge is 2.26. The maximum absolute atomic E-state index is 13.1. The summed E-state index contributed by atoms with van der Waals surface area (Å²) in [6, 6.07) is 17.6. The van der Waals surface area contributed by atoms with Gasteiger partial charge in [0.25, 0.3) is 5.91 Å². The molecule has 0 unspecified atom stereocenters. The number of amides is 1. The fraction of sp³-hybridized carbons (Fsp3) is 0.458. The lowest BCUT2D eigenvalue weighted by Gasteiger charge is -2.34. The van der Waals surface area contributed by atoms with E-state index in [2.05, 4.69) is 40.5 Å². The Labute approximate surface area is 178 Å². The number of piperidine rings is 1. The third-order valence-corrected chi connectivity index (χ3v) is 6.43. The minimum absolute atomic E-state index is 0.178. The van der Waals surface area contributed by atoms with E-state index in [1.807, 2.05) is 12.1 Å². The Balaban J connectivity index is 1.15. The molecule has 2 aromatic carbocycles. The van der Waals surface area contributed by atoms with Gasteiger partial charge in [0.15, 0.2) is 6.54 Å². The summed E-state index contributed by atoms with van der Waals surface area (Å²) >= 11 is 0. The molecule has 0 atom stereocenters. The Hall–Kier alpha value is -2.44. The molecular formula is C24H33FN4O+2. The predicted octanol–water partition coefficient (Wildman–Crippen LogP) is -0.106. The van der Waals surface area contributed by atoms with Crippen molar-refractivity contribution in [1.29, 1.82) is 0 Å².